The number of piperidine rings is 2. The summed E-state index contributed by atoms with van der Waals surface area (Å²) in [5, 5.41) is 3.06. The Hall–Kier alpha value is -1.93. The number of benzene rings is 1. The predicted molar refractivity (Wildman–Crippen MR) is 107 cm³/mol. The molecule has 2 aliphatic rings. The maximum Gasteiger partial charge on any atom is 0.387 e. The van der Waals surface area contributed by atoms with Crippen molar-refractivity contribution in [2.24, 2.45) is 0 Å². The van der Waals surface area contributed by atoms with Gasteiger partial charge in [0.1, 0.15) is 0 Å². The van der Waals surface area contributed by atoms with E-state index in [0.29, 0.717) is 6.54 Å². The maximum atomic E-state index is 12.8. The van der Waals surface area contributed by atoms with E-state index in [0.717, 1.165) is 39.0 Å². The molecule has 0 bridgehead atoms. The molecule has 1 N–H and O–H groups in total. The summed E-state index contributed by atoms with van der Waals surface area (Å²) in [4.78, 5) is 17.7. The topological polar surface area (TPSA) is 54.0 Å². The smallest absolute Gasteiger partial charge is 0.387 e. The summed E-state index contributed by atoms with van der Waals surface area (Å²) in [5.74, 6) is -0.260. The van der Waals surface area contributed by atoms with Crippen molar-refractivity contribution in [3.63, 3.8) is 0 Å². The molecule has 0 unspecified atom stereocenters. The van der Waals surface area contributed by atoms with Gasteiger partial charge in [-0.1, -0.05) is 6.42 Å². The minimum Gasteiger partial charge on any atom is -0.493 e. The van der Waals surface area contributed by atoms with Gasteiger partial charge in [-0.05, 0) is 77.1 Å². The molecule has 1 aromatic carbocycles. The minimum absolute atomic E-state index is 0.0443. The van der Waals surface area contributed by atoms with Crippen molar-refractivity contribution in [1.82, 2.24) is 15.1 Å². The monoisotopic (exact) mass is 411 g/mol. The number of hydrogen-bond donors (Lipinski definition) is 1. The summed E-state index contributed by atoms with van der Waals surface area (Å²) in [6.45, 7) is 1.70. The zero-order chi connectivity index (χ0) is 20.9. The van der Waals surface area contributed by atoms with Crippen LogP contribution in [0, 0.1) is 0 Å². The van der Waals surface area contributed by atoms with Crippen molar-refractivity contribution in [2.75, 3.05) is 46.9 Å². The maximum absolute atomic E-state index is 12.8. The van der Waals surface area contributed by atoms with Gasteiger partial charge in [0.2, 0.25) is 0 Å². The first kappa shape index (κ1) is 21.8. The molecule has 2 heterocycles. The summed E-state index contributed by atoms with van der Waals surface area (Å²) < 4.78 is 34.9. The van der Waals surface area contributed by atoms with Crippen molar-refractivity contribution in [3.05, 3.63) is 23.8 Å². The van der Waals surface area contributed by atoms with Gasteiger partial charge < -0.3 is 19.7 Å². The fourth-order valence-corrected chi connectivity index (χ4v) is 4.36. The van der Waals surface area contributed by atoms with Crippen molar-refractivity contribution in [1.29, 1.82) is 0 Å². The molecule has 6 nitrogen and oxygen atoms in total. The van der Waals surface area contributed by atoms with E-state index >= 15 is 0 Å². The first-order chi connectivity index (χ1) is 13.9. The molecule has 29 heavy (non-hydrogen) atoms. The fourth-order valence-electron chi connectivity index (χ4n) is 4.36. The Morgan fingerprint density at radius 1 is 1.14 bits per heavy atom. The third-order valence-electron chi connectivity index (χ3n) is 6.16. The number of halogens is 2. The predicted octanol–water partition coefficient (Wildman–Crippen LogP) is 2.98. The van der Waals surface area contributed by atoms with Gasteiger partial charge in [0.25, 0.3) is 5.91 Å². The first-order valence-electron chi connectivity index (χ1n) is 10.3. The highest BCUT2D eigenvalue weighted by Gasteiger charge is 2.39. The lowest BCUT2D eigenvalue weighted by Gasteiger charge is -2.50. The van der Waals surface area contributed by atoms with Crippen LogP contribution in [0.2, 0.25) is 0 Å². The molecule has 3 rings (SSSR count). The number of carbonyl (C=O) groups is 1. The number of rotatable bonds is 7. The third-order valence-corrected chi connectivity index (χ3v) is 6.16. The minimum atomic E-state index is -2.98. The second-order valence-electron chi connectivity index (χ2n) is 8.00. The number of amides is 1. The van der Waals surface area contributed by atoms with E-state index < -0.39 is 6.61 Å². The van der Waals surface area contributed by atoms with Crippen molar-refractivity contribution < 1.29 is 23.0 Å². The Kier molecular flexibility index (Phi) is 7.29. The number of alkyl halides is 2. The molecule has 0 spiro atoms. The van der Waals surface area contributed by atoms with E-state index in [9.17, 15) is 13.6 Å². The van der Waals surface area contributed by atoms with E-state index in [-0.39, 0.29) is 28.5 Å². The number of nitrogens with zero attached hydrogens (tertiary/aromatic N) is 2. The number of nitrogens with one attached hydrogen (secondary N) is 1. The van der Waals surface area contributed by atoms with Crippen LogP contribution in [0.4, 0.5) is 8.78 Å². The lowest BCUT2D eigenvalue weighted by molar-refractivity contribution is -0.0512. The zero-order valence-electron chi connectivity index (χ0n) is 17.3. The molecule has 0 aromatic heterocycles. The largest absolute Gasteiger partial charge is 0.493 e. The average Bonchev–Trinajstić information content (AvgIpc) is 2.73. The Labute approximate surface area is 171 Å². The average molecular weight is 411 g/mol. The lowest BCUT2D eigenvalue weighted by Crippen LogP contribution is -2.61. The van der Waals surface area contributed by atoms with Crippen LogP contribution < -0.4 is 14.8 Å². The molecule has 2 fully saturated rings. The van der Waals surface area contributed by atoms with Gasteiger partial charge in [-0.15, -0.1) is 0 Å². The molecule has 0 aliphatic carbocycles. The van der Waals surface area contributed by atoms with Gasteiger partial charge in [0.05, 0.1) is 7.11 Å². The Bertz CT molecular complexity index is 688. The molecule has 2 saturated heterocycles. The molecule has 0 saturated carbocycles. The molecular formula is C21H31F2N3O3. The highest BCUT2D eigenvalue weighted by atomic mass is 19.3. The number of ether oxygens (including phenoxy) is 2. The molecule has 0 atom stereocenters. The van der Waals surface area contributed by atoms with Crippen LogP contribution in [0.15, 0.2) is 18.2 Å². The molecule has 162 valence electrons. The van der Waals surface area contributed by atoms with Gasteiger partial charge in [0, 0.05) is 17.6 Å². The second-order valence-corrected chi connectivity index (χ2v) is 8.00. The van der Waals surface area contributed by atoms with E-state index in [1.54, 1.807) is 6.07 Å². The number of methoxy groups -OCH3 is 1. The Morgan fingerprint density at radius 3 is 2.45 bits per heavy atom. The van der Waals surface area contributed by atoms with Crippen molar-refractivity contribution >= 4 is 5.91 Å². The highest BCUT2D eigenvalue weighted by molar-refractivity contribution is 5.95. The van der Waals surface area contributed by atoms with Gasteiger partial charge in [-0.2, -0.15) is 8.78 Å². The van der Waals surface area contributed by atoms with Crippen LogP contribution in [0.25, 0.3) is 0 Å². The molecule has 1 amide bonds. The standard InChI is InChI=1S/C21H31F2N3O3/c1-25-12-8-21(9-13-25,26-10-4-3-5-11-26)15-24-19(27)16-6-7-17(28-2)18(14-16)29-20(22)23/h6-7,14,20H,3-5,8-13,15H2,1-2H3,(H,24,27). The molecule has 1 aromatic rings. The fraction of sp³-hybridized carbons (Fsp3) is 0.667. The lowest BCUT2D eigenvalue weighted by atomic mass is 9.84. The summed E-state index contributed by atoms with van der Waals surface area (Å²) in [6, 6.07) is 4.35. The molecule has 0 radical (unpaired) electrons. The Morgan fingerprint density at radius 2 is 1.83 bits per heavy atom. The van der Waals surface area contributed by atoms with Crippen LogP contribution in [-0.2, 0) is 0 Å². The van der Waals surface area contributed by atoms with Crippen LogP contribution >= 0.6 is 0 Å². The van der Waals surface area contributed by atoms with E-state index in [1.807, 2.05) is 0 Å². The van der Waals surface area contributed by atoms with Gasteiger partial charge >= 0.3 is 6.61 Å². The van der Waals surface area contributed by atoms with Crippen molar-refractivity contribution in [3.8, 4) is 11.5 Å². The number of hydrogen-bond acceptors (Lipinski definition) is 5. The first-order valence-corrected chi connectivity index (χ1v) is 10.3. The Balaban J connectivity index is 1.71. The quantitative estimate of drug-likeness (QED) is 0.748. The zero-order valence-corrected chi connectivity index (χ0v) is 17.3. The van der Waals surface area contributed by atoms with Crippen LogP contribution in [0.5, 0.6) is 11.5 Å². The summed E-state index contributed by atoms with van der Waals surface area (Å²) >= 11 is 0. The molecule has 2 aliphatic heterocycles. The molecular weight excluding hydrogens is 380 g/mol. The van der Waals surface area contributed by atoms with Crippen molar-refractivity contribution in [2.45, 2.75) is 44.3 Å². The number of carbonyl (C=O) groups excluding carboxylic acids is 1. The third kappa shape index (κ3) is 5.36. The highest BCUT2D eigenvalue weighted by Crippen LogP contribution is 2.32. The van der Waals surface area contributed by atoms with E-state index in [1.165, 1.54) is 38.5 Å². The van der Waals surface area contributed by atoms with Crippen LogP contribution in [-0.4, -0.2) is 74.7 Å². The van der Waals surface area contributed by atoms with E-state index in [2.05, 4.69) is 26.9 Å². The summed E-state index contributed by atoms with van der Waals surface area (Å²) in [7, 11) is 3.50. The second kappa shape index (κ2) is 9.71. The SMILES string of the molecule is COc1ccc(C(=O)NCC2(N3CCCCC3)CCN(C)CC2)cc1OC(F)F. The van der Waals surface area contributed by atoms with Gasteiger partial charge in [-0.25, -0.2) is 0 Å². The summed E-state index contributed by atoms with van der Waals surface area (Å²) in [6.07, 6.45) is 5.66. The molecule has 8 heteroatoms. The van der Waals surface area contributed by atoms with Gasteiger partial charge in [0.15, 0.2) is 11.5 Å². The van der Waals surface area contributed by atoms with Gasteiger partial charge in [-0.3, -0.25) is 9.69 Å². The van der Waals surface area contributed by atoms with E-state index in [4.69, 9.17) is 4.74 Å². The summed E-state index contributed by atoms with van der Waals surface area (Å²) in [5.41, 5.74) is 0.236. The van der Waals surface area contributed by atoms with Crippen LogP contribution in [0.1, 0.15) is 42.5 Å². The normalized spacial score (nSPS) is 20.4. The van der Waals surface area contributed by atoms with Crippen LogP contribution in [0.3, 0.4) is 0 Å². The number of likely N-dealkylation sites (tertiary alicyclic amines) is 2.